The summed E-state index contributed by atoms with van der Waals surface area (Å²) in [6.07, 6.45) is 3.68. The fraction of sp³-hybridized carbons (Fsp3) is 0.583. The Morgan fingerprint density at radius 3 is 2.75 bits per heavy atom. The Morgan fingerprint density at radius 1 is 1.31 bits per heavy atom. The van der Waals surface area contributed by atoms with Gasteiger partial charge < -0.3 is 15.0 Å². The average molecular weight is 219 g/mol. The van der Waals surface area contributed by atoms with Gasteiger partial charge in [-0.3, -0.25) is 4.98 Å². The predicted molar refractivity (Wildman–Crippen MR) is 62.9 cm³/mol. The second-order valence-electron chi connectivity index (χ2n) is 4.67. The number of hydrogen-bond donors (Lipinski definition) is 1. The van der Waals surface area contributed by atoms with Gasteiger partial charge in [0.2, 0.25) is 0 Å². The van der Waals surface area contributed by atoms with Gasteiger partial charge in [-0.25, -0.2) is 0 Å². The molecule has 3 rings (SSSR count). The van der Waals surface area contributed by atoms with Crippen molar-refractivity contribution in [2.75, 3.05) is 38.2 Å². The molecule has 0 saturated carbocycles. The Balaban J connectivity index is 1.78. The van der Waals surface area contributed by atoms with Gasteiger partial charge in [0, 0.05) is 32.2 Å². The van der Waals surface area contributed by atoms with E-state index in [-0.39, 0.29) is 0 Å². The van der Waals surface area contributed by atoms with E-state index in [1.54, 1.807) is 13.3 Å². The number of nitrogens with zero attached hydrogens (tertiary/aromatic N) is 2. The molecule has 2 fully saturated rings. The van der Waals surface area contributed by atoms with E-state index in [0.717, 1.165) is 30.7 Å². The van der Waals surface area contributed by atoms with Crippen molar-refractivity contribution in [3.63, 3.8) is 0 Å². The lowest BCUT2D eigenvalue weighted by Crippen LogP contribution is -2.25. The number of fused-ring (bicyclic) bond motifs is 1. The van der Waals surface area contributed by atoms with Crippen LogP contribution in [0, 0.1) is 11.8 Å². The van der Waals surface area contributed by atoms with E-state index in [9.17, 15) is 0 Å². The third-order valence-electron chi connectivity index (χ3n) is 3.69. The van der Waals surface area contributed by atoms with E-state index in [0.29, 0.717) is 0 Å². The maximum absolute atomic E-state index is 5.21. The van der Waals surface area contributed by atoms with Crippen molar-refractivity contribution in [2.45, 2.75) is 0 Å². The Bertz CT molecular complexity index is 370. The normalized spacial score (nSPS) is 28.2. The van der Waals surface area contributed by atoms with Crippen molar-refractivity contribution in [1.82, 2.24) is 10.3 Å². The summed E-state index contributed by atoms with van der Waals surface area (Å²) in [5.74, 6) is 2.46. The lowest BCUT2D eigenvalue weighted by atomic mass is 10.0. The summed E-state index contributed by atoms with van der Waals surface area (Å²) in [4.78, 5) is 6.63. The number of nitrogens with one attached hydrogen (secondary N) is 1. The maximum Gasteiger partial charge on any atom is 0.139 e. The van der Waals surface area contributed by atoms with Crippen molar-refractivity contribution < 1.29 is 4.74 Å². The molecule has 0 bridgehead atoms. The van der Waals surface area contributed by atoms with Crippen molar-refractivity contribution >= 4 is 5.69 Å². The molecule has 0 aromatic carbocycles. The van der Waals surface area contributed by atoms with E-state index in [2.05, 4.69) is 21.3 Å². The zero-order chi connectivity index (χ0) is 11.0. The standard InChI is InChI=1S/C12H17N3O/c1-16-12-2-11(5-14-6-12)15-7-9-3-13-4-10(9)8-15/h2,5-6,9-10,13H,3-4,7-8H2,1H3. The van der Waals surface area contributed by atoms with E-state index < -0.39 is 0 Å². The minimum Gasteiger partial charge on any atom is -0.495 e. The number of methoxy groups -OCH3 is 1. The molecular formula is C12H17N3O. The number of pyridine rings is 1. The van der Waals surface area contributed by atoms with E-state index in [4.69, 9.17) is 4.74 Å². The smallest absolute Gasteiger partial charge is 0.139 e. The molecule has 2 atom stereocenters. The van der Waals surface area contributed by atoms with Crippen LogP contribution < -0.4 is 15.0 Å². The number of aromatic nitrogens is 1. The third-order valence-corrected chi connectivity index (χ3v) is 3.69. The molecule has 2 aliphatic heterocycles. The third kappa shape index (κ3) is 1.63. The number of rotatable bonds is 2. The highest BCUT2D eigenvalue weighted by Gasteiger charge is 2.36. The molecule has 4 heteroatoms. The molecular weight excluding hydrogens is 202 g/mol. The lowest BCUT2D eigenvalue weighted by molar-refractivity contribution is 0.413. The largest absolute Gasteiger partial charge is 0.495 e. The molecule has 0 amide bonds. The maximum atomic E-state index is 5.21. The van der Waals surface area contributed by atoms with E-state index >= 15 is 0 Å². The van der Waals surface area contributed by atoms with Crippen molar-refractivity contribution in [3.8, 4) is 5.75 Å². The van der Waals surface area contributed by atoms with Gasteiger partial charge in [-0.05, 0) is 11.8 Å². The summed E-state index contributed by atoms with van der Waals surface area (Å²) in [5, 5.41) is 3.45. The molecule has 3 heterocycles. The topological polar surface area (TPSA) is 37.4 Å². The highest BCUT2D eigenvalue weighted by atomic mass is 16.5. The van der Waals surface area contributed by atoms with Gasteiger partial charge in [-0.15, -0.1) is 0 Å². The first-order valence-corrected chi connectivity index (χ1v) is 5.81. The van der Waals surface area contributed by atoms with Crippen LogP contribution in [-0.4, -0.2) is 38.3 Å². The van der Waals surface area contributed by atoms with Gasteiger partial charge in [0.1, 0.15) is 5.75 Å². The van der Waals surface area contributed by atoms with Gasteiger partial charge in [0.15, 0.2) is 0 Å². The van der Waals surface area contributed by atoms with Crippen LogP contribution in [0.4, 0.5) is 5.69 Å². The van der Waals surface area contributed by atoms with Gasteiger partial charge in [0.05, 0.1) is 25.2 Å². The highest BCUT2D eigenvalue weighted by Crippen LogP contribution is 2.31. The Morgan fingerprint density at radius 2 is 2.06 bits per heavy atom. The zero-order valence-corrected chi connectivity index (χ0v) is 9.52. The quantitative estimate of drug-likeness (QED) is 0.796. The molecule has 1 aromatic rings. The van der Waals surface area contributed by atoms with Gasteiger partial charge >= 0.3 is 0 Å². The summed E-state index contributed by atoms with van der Waals surface area (Å²) < 4.78 is 5.21. The number of ether oxygens (including phenoxy) is 1. The van der Waals surface area contributed by atoms with Crippen LogP contribution in [0.1, 0.15) is 0 Å². The predicted octanol–water partition coefficient (Wildman–Crippen LogP) is 0.746. The minimum atomic E-state index is 0.811. The van der Waals surface area contributed by atoms with Crippen LogP contribution >= 0.6 is 0 Å². The van der Waals surface area contributed by atoms with Crippen LogP contribution in [0.2, 0.25) is 0 Å². The number of hydrogen-bond acceptors (Lipinski definition) is 4. The SMILES string of the molecule is COc1cncc(N2CC3CNCC3C2)c1. The number of anilines is 1. The fourth-order valence-electron chi connectivity index (χ4n) is 2.76. The van der Waals surface area contributed by atoms with Gasteiger partial charge in [0.25, 0.3) is 0 Å². The molecule has 2 aliphatic rings. The van der Waals surface area contributed by atoms with E-state index in [1.807, 2.05) is 6.20 Å². The van der Waals surface area contributed by atoms with E-state index in [1.165, 1.54) is 18.8 Å². The summed E-state index contributed by atoms with van der Waals surface area (Å²) in [5.41, 5.74) is 1.19. The van der Waals surface area contributed by atoms with Crippen molar-refractivity contribution in [1.29, 1.82) is 0 Å². The van der Waals surface area contributed by atoms with Crippen LogP contribution in [0.5, 0.6) is 5.75 Å². The molecule has 0 spiro atoms. The molecule has 2 saturated heterocycles. The van der Waals surface area contributed by atoms with Crippen molar-refractivity contribution in [2.24, 2.45) is 11.8 Å². The Labute approximate surface area is 95.6 Å². The fourth-order valence-corrected chi connectivity index (χ4v) is 2.76. The molecule has 1 aromatic heterocycles. The first kappa shape index (κ1) is 9.90. The summed E-state index contributed by atoms with van der Waals surface area (Å²) in [6, 6.07) is 2.07. The lowest BCUT2D eigenvalue weighted by Gasteiger charge is -2.19. The Kier molecular flexibility index (Phi) is 2.44. The minimum absolute atomic E-state index is 0.811. The molecule has 0 aliphatic carbocycles. The first-order chi connectivity index (χ1) is 7.86. The van der Waals surface area contributed by atoms with Gasteiger partial charge in [-0.1, -0.05) is 0 Å². The summed E-state index contributed by atoms with van der Waals surface area (Å²) in [6.45, 7) is 4.62. The second kappa shape index (κ2) is 3.94. The summed E-state index contributed by atoms with van der Waals surface area (Å²) in [7, 11) is 1.68. The van der Waals surface area contributed by atoms with Crippen LogP contribution in [-0.2, 0) is 0 Å². The molecule has 0 radical (unpaired) electrons. The first-order valence-electron chi connectivity index (χ1n) is 5.81. The van der Waals surface area contributed by atoms with Gasteiger partial charge in [-0.2, -0.15) is 0 Å². The van der Waals surface area contributed by atoms with Crippen LogP contribution in [0.15, 0.2) is 18.5 Å². The Hall–Kier alpha value is -1.29. The van der Waals surface area contributed by atoms with Crippen molar-refractivity contribution in [3.05, 3.63) is 18.5 Å². The molecule has 2 unspecified atom stereocenters. The highest BCUT2D eigenvalue weighted by molar-refractivity contribution is 5.49. The van der Waals surface area contributed by atoms with Crippen LogP contribution in [0.3, 0.4) is 0 Å². The summed E-state index contributed by atoms with van der Waals surface area (Å²) >= 11 is 0. The van der Waals surface area contributed by atoms with Crippen LogP contribution in [0.25, 0.3) is 0 Å². The molecule has 16 heavy (non-hydrogen) atoms. The average Bonchev–Trinajstić information content (AvgIpc) is 2.89. The molecule has 4 nitrogen and oxygen atoms in total. The molecule has 1 N–H and O–H groups in total. The zero-order valence-electron chi connectivity index (χ0n) is 9.52. The monoisotopic (exact) mass is 219 g/mol. The second-order valence-corrected chi connectivity index (χ2v) is 4.67. The molecule has 86 valence electrons.